The van der Waals surface area contributed by atoms with Gasteiger partial charge in [-0.15, -0.1) is 16.4 Å². The maximum atomic E-state index is 12.6. The molecule has 2 aromatic heterocycles. The first-order valence-corrected chi connectivity index (χ1v) is 10.3. The Morgan fingerprint density at radius 1 is 1.22 bits per heavy atom. The van der Waals surface area contributed by atoms with E-state index in [4.69, 9.17) is 0 Å². The Morgan fingerprint density at radius 2 is 2.04 bits per heavy atom. The number of aryl methyl sites for hydroxylation is 1. The molecule has 2 aliphatic carbocycles. The standard InChI is InChI=1S/C20H21N5OS/c1-12-2-9-17-14(10-12)11-18(27-17)20(26)21-15-5-3-13(4-6-15)19-22-23-24-25(19)16-7-8-16/h3-6,11-12,16H,2,7-10H2,1H3,(H,21,26). The fraction of sp³-hybridized carbons (Fsp3) is 0.400. The second-order valence-electron chi connectivity index (χ2n) is 7.62. The van der Waals surface area contributed by atoms with Crippen LogP contribution in [-0.4, -0.2) is 26.1 Å². The molecule has 0 bridgehead atoms. The van der Waals surface area contributed by atoms with Gasteiger partial charge in [-0.1, -0.05) is 6.92 Å². The maximum absolute atomic E-state index is 12.6. The molecule has 7 heteroatoms. The molecule has 0 spiro atoms. The van der Waals surface area contributed by atoms with E-state index in [9.17, 15) is 4.79 Å². The highest BCUT2D eigenvalue weighted by molar-refractivity contribution is 7.14. The van der Waals surface area contributed by atoms with Gasteiger partial charge in [0.25, 0.3) is 5.91 Å². The van der Waals surface area contributed by atoms with E-state index in [2.05, 4.69) is 33.8 Å². The summed E-state index contributed by atoms with van der Waals surface area (Å²) >= 11 is 1.64. The Balaban J connectivity index is 1.31. The molecular formula is C20H21N5OS. The zero-order valence-corrected chi connectivity index (χ0v) is 16.0. The summed E-state index contributed by atoms with van der Waals surface area (Å²) in [5.41, 5.74) is 3.10. The van der Waals surface area contributed by atoms with Gasteiger partial charge in [0.15, 0.2) is 5.82 Å². The SMILES string of the molecule is CC1CCc2sc(C(=O)Nc3ccc(-c4nnnn4C4CC4)cc3)cc2C1. The highest BCUT2D eigenvalue weighted by Crippen LogP contribution is 2.37. The number of thiophene rings is 1. The summed E-state index contributed by atoms with van der Waals surface area (Å²) < 4.78 is 1.89. The lowest BCUT2D eigenvalue weighted by Crippen LogP contribution is -2.10. The number of nitrogens with one attached hydrogen (secondary N) is 1. The van der Waals surface area contributed by atoms with Crippen molar-refractivity contribution in [3.63, 3.8) is 0 Å². The summed E-state index contributed by atoms with van der Waals surface area (Å²) in [6, 6.07) is 10.2. The van der Waals surface area contributed by atoms with Crippen LogP contribution in [0, 0.1) is 5.92 Å². The molecule has 1 saturated carbocycles. The van der Waals surface area contributed by atoms with Crippen molar-refractivity contribution >= 4 is 22.9 Å². The van der Waals surface area contributed by atoms with Crippen molar-refractivity contribution in [2.45, 2.75) is 45.1 Å². The Labute approximate surface area is 161 Å². The van der Waals surface area contributed by atoms with E-state index in [1.165, 1.54) is 16.9 Å². The number of hydrogen-bond donors (Lipinski definition) is 1. The number of rotatable bonds is 4. The normalized spacial score (nSPS) is 18.9. The number of amides is 1. The van der Waals surface area contributed by atoms with Gasteiger partial charge in [0.2, 0.25) is 0 Å². The van der Waals surface area contributed by atoms with Crippen LogP contribution in [0.3, 0.4) is 0 Å². The molecule has 6 nitrogen and oxygen atoms in total. The van der Waals surface area contributed by atoms with E-state index in [0.29, 0.717) is 12.0 Å². The molecule has 3 aromatic rings. The van der Waals surface area contributed by atoms with E-state index in [0.717, 1.165) is 47.6 Å². The lowest BCUT2D eigenvalue weighted by molar-refractivity contribution is 0.103. The average Bonchev–Trinajstić information content (AvgIpc) is 3.24. The minimum Gasteiger partial charge on any atom is -0.321 e. The molecule has 2 aliphatic rings. The molecule has 138 valence electrons. The quantitative estimate of drug-likeness (QED) is 0.740. The van der Waals surface area contributed by atoms with Gasteiger partial charge in [0, 0.05) is 16.1 Å². The Kier molecular flexibility index (Phi) is 4.04. The second kappa shape index (κ2) is 6.56. The Morgan fingerprint density at radius 3 is 2.81 bits per heavy atom. The van der Waals surface area contributed by atoms with Crippen LogP contribution < -0.4 is 5.32 Å². The molecule has 1 atom stereocenters. The third kappa shape index (κ3) is 3.27. The lowest BCUT2D eigenvalue weighted by atomic mass is 9.90. The minimum absolute atomic E-state index is 0.0300. The van der Waals surface area contributed by atoms with Crippen molar-refractivity contribution in [2.24, 2.45) is 5.92 Å². The predicted molar refractivity (Wildman–Crippen MR) is 105 cm³/mol. The van der Waals surface area contributed by atoms with E-state index in [1.54, 1.807) is 11.3 Å². The molecule has 27 heavy (non-hydrogen) atoms. The van der Waals surface area contributed by atoms with Crippen LogP contribution in [0.15, 0.2) is 30.3 Å². The first kappa shape index (κ1) is 16.6. The highest BCUT2D eigenvalue weighted by Gasteiger charge is 2.28. The number of carbonyl (C=O) groups is 1. The van der Waals surface area contributed by atoms with Gasteiger partial charge in [-0.3, -0.25) is 4.79 Å². The topological polar surface area (TPSA) is 72.7 Å². The summed E-state index contributed by atoms with van der Waals surface area (Å²) in [7, 11) is 0. The Hall–Kier alpha value is -2.54. The van der Waals surface area contributed by atoms with Crippen molar-refractivity contribution in [1.29, 1.82) is 0 Å². The van der Waals surface area contributed by atoms with Crippen molar-refractivity contribution in [1.82, 2.24) is 20.2 Å². The smallest absolute Gasteiger partial charge is 0.265 e. The lowest BCUT2D eigenvalue weighted by Gasteiger charge is -2.16. The minimum atomic E-state index is -0.0300. The number of anilines is 1. The zero-order chi connectivity index (χ0) is 18.4. The predicted octanol–water partition coefficient (Wildman–Crippen LogP) is 4.11. The summed E-state index contributed by atoms with van der Waals surface area (Å²) in [4.78, 5) is 14.8. The summed E-state index contributed by atoms with van der Waals surface area (Å²) in [6.45, 7) is 2.28. The van der Waals surface area contributed by atoms with Crippen molar-refractivity contribution < 1.29 is 4.79 Å². The molecule has 1 aromatic carbocycles. The molecular weight excluding hydrogens is 358 g/mol. The van der Waals surface area contributed by atoms with Gasteiger partial charge in [-0.2, -0.15) is 0 Å². The van der Waals surface area contributed by atoms with Crippen LogP contribution in [-0.2, 0) is 12.8 Å². The molecule has 1 N–H and O–H groups in total. The number of carbonyl (C=O) groups excluding carboxylic acids is 1. The molecule has 0 radical (unpaired) electrons. The Bertz CT molecular complexity index is 986. The monoisotopic (exact) mass is 379 g/mol. The average molecular weight is 379 g/mol. The van der Waals surface area contributed by atoms with Crippen LogP contribution in [0.4, 0.5) is 5.69 Å². The van der Waals surface area contributed by atoms with Gasteiger partial charge >= 0.3 is 0 Å². The van der Waals surface area contributed by atoms with Crippen LogP contribution in [0.1, 0.15) is 52.3 Å². The fourth-order valence-electron chi connectivity index (χ4n) is 3.66. The van der Waals surface area contributed by atoms with Crippen LogP contribution in [0.25, 0.3) is 11.4 Å². The maximum Gasteiger partial charge on any atom is 0.265 e. The zero-order valence-electron chi connectivity index (χ0n) is 15.2. The van der Waals surface area contributed by atoms with Crippen LogP contribution in [0.2, 0.25) is 0 Å². The first-order chi connectivity index (χ1) is 13.2. The summed E-state index contributed by atoms with van der Waals surface area (Å²) in [5.74, 6) is 1.47. The van der Waals surface area contributed by atoms with Gasteiger partial charge in [-0.05, 0) is 84.3 Å². The molecule has 2 heterocycles. The number of fused-ring (bicyclic) bond motifs is 1. The molecule has 1 unspecified atom stereocenters. The van der Waals surface area contributed by atoms with Gasteiger partial charge in [0.1, 0.15) is 0 Å². The van der Waals surface area contributed by atoms with E-state index in [-0.39, 0.29) is 5.91 Å². The van der Waals surface area contributed by atoms with Crippen molar-refractivity contribution in [3.05, 3.63) is 45.6 Å². The first-order valence-electron chi connectivity index (χ1n) is 9.48. The number of hydrogen-bond acceptors (Lipinski definition) is 5. The number of tetrazole rings is 1. The largest absolute Gasteiger partial charge is 0.321 e. The van der Waals surface area contributed by atoms with Gasteiger partial charge in [0.05, 0.1) is 10.9 Å². The number of aromatic nitrogens is 4. The number of nitrogens with zero attached hydrogens (tertiary/aromatic N) is 4. The van der Waals surface area contributed by atoms with Crippen molar-refractivity contribution in [3.8, 4) is 11.4 Å². The van der Waals surface area contributed by atoms with Gasteiger partial charge in [-0.25, -0.2) is 4.68 Å². The van der Waals surface area contributed by atoms with Crippen LogP contribution in [0.5, 0.6) is 0 Å². The van der Waals surface area contributed by atoms with Crippen molar-refractivity contribution in [2.75, 3.05) is 5.32 Å². The molecule has 0 saturated heterocycles. The highest BCUT2D eigenvalue weighted by atomic mass is 32.1. The summed E-state index contributed by atoms with van der Waals surface area (Å²) in [6.07, 6.45) is 5.67. The van der Waals surface area contributed by atoms with E-state index < -0.39 is 0 Å². The van der Waals surface area contributed by atoms with E-state index in [1.807, 2.05) is 28.9 Å². The van der Waals surface area contributed by atoms with Gasteiger partial charge < -0.3 is 5.32 Å². The van der Waals surface area contributed by atoms with E-state index >= 15 is 0 Å². The fourth-order valence-corrected chi connectivity index (χ4v) is 4.77. The third-order valence-corrected chi connectivity index (χ3v) is 6.58. The van der Waals surface area contributed by atoms with Crippen LogP contribution >= 0.6 is 11.3 Å². The molecule has 1 fully saturated rings. The molecule has 0 aliphatic heterocycles. The second-order valence-corrected chi connectivity index (χ2v) is 8.75. The molecule has 1 amide bonds. The summed E-state index contributed by atoms with van der Waals surface area (Å²) in [5, 5.41) is 15.1. The number of benzene rings is 1. The molecule has 5 rings (SSSR count). The third-order valence-electron chi connectivity index (χ3n) is 5.34.